The fraction of sp³-hybridized carbons (Fsp3) is 0.190. The Labute approximate surface area is 166 Å². The van der Waals surface area contributed by atoms with Gasteiger partial charge >= 0.3 is 0 Å². The van der Waals surface area contributed by atoms with Gasteiger partial charge in [-0.25, -0.2) is 0 Å². The van der Waals surface area contributed by atoms with Crippen molar-refractivity contribution in [3.8, 4) is 17.1 Å². The van der Waals surface area contributed by atoms with E-state index in [1.54, 1.807) is 13.3 Å². The lowest BCUT2D eigenvalue weighted by Crippen LogP contribution is -2.14. The average molecular weight is 392 g/mol. The highest BCUT2D eigenvalue weighted by molar-refractivity contribution is 8.00. The summed E-state index contributed by atoms with van der Waals surface area (Å²) in [5.74, 6) is 1.60. The van der Waals surface area contributed by atoms with Gasteiger partial charge in [-0.2, -0.15) is 0 Å². The first-order valence-corrected chi connectivity index (χ1v) is 9.77. The normalized spacial score (nSPS) is 12.2. The second-order valence-electron chi connectivity index (χ2n) is 6.47. The first-order valence-electron chi connectivity index (χ1n) is 8.89. The Balaban J connectivity index is 1.55. The molecule has 0 aliphatic carbocycles. The number of carbonyl (C=O) groups is 1. The van der Waals surface area contributed by atoms with Crippen molar-refractivity contribution in [3.05, 3.63) is 60.3 Å². The van der Waals surface area contributed by atoms with Crippen molar-refractivity contribution >= 4 is 28.4 Å². The number of Topliss-reactive ketones (excluding diaryl/α,β-unsaturated/α-hetero) is 1. The first-order chi connectivity index (χ1) is 13.6. The van der Waals surface area contributed by atoms with Gasteiger partial charge in [0, 0.05) is 35.3 Å². The van der Waals surface area contributed by atoms with Crippen LogP contribution in [0.1, 0.15) is 17.3 Å². The Hall–Kier alpha value is -3.06. The highest BCUT2D eigenvalue weighted by Gasteiger charge is 2.22. The zero-order chi connectivity index (χ0) is 19.7. The number of rotatable bonds is 6. The number of hydrogen-bond donors (Lipinski definition) is 1. The number of benzene rings is 2. The van der Waals surface area contributed by atoms with Crippen LogP contribution in [-0.4, -0.2) is 37.9 Å². The summed E-state index contributed by atoms with van der Waals surface area (Å²) < 4.78 is 7.11. The number of methoxy groups -OCH3 is 1. The molecule has 142 valence electrons. The Morgan fingerprint density at radius 2 is 1.89 bits per heavy atom. The molecule has 28 heavy (non-hydrogen) atoms. The van der Waals surface area contributed by atoms with Gasteiger partial charge in [0.2, 0.25) is 0 Å². The number of para-hydroxylation sites is 1. The fourth-order valence-electron chi connectivity index (χ4n) is 3.11. The molecule has 6 nitrogen and oxygen atoms in total. The van der Waals surface area contributed by atoms with E-state index in [4.69, 9.17) is 4.74 Å². The third-order valence-corrected chi connectivity index (χ3v) is 5.82. The van der Waals surface area contributed by atoms with E-state index >= 15 is 0 Å². The molecule has 4 aromatic rings. The zero-order valence-electron chi connectivity index (χ0n) is 15.8. The Morgan fingerprint density at radius 1 is 1.14 bits per heavy atom. The maximum atomic E-state index is 13.0. The number of thioether (sulfide) groups is 1. The molecule has 0 unspecified atom stereocenters. The quantitative estimate of drug-likeness (QED) is 0.390. The topological polar surface area (TPSA) is 72.8 Å². The van der Waals surface area contributed by atoms with Crippen LogP contribution in [0.4, 0.5) is 0 Å². The van der Waals surface area contributed by atoms with Crippen LogP contribution in [0.3, 0.4) is 0 Å². The van der Waals surface area contributed by atoms with Crippen molar-refractivity contribution < 1.29 is 9.53 Å². The average Bonchev–Trinajstić information content (AvgIpc) is 3.31. The molecule has 0 saturated heterocycles. The first kappa shape index (κ1) is 18.3. The summed E-state index contributed by atoms with van der Waals surface area (Å²) in [6.07, 6.45) is 1.78. The molecule has 0 aliphatic heterocycles. The van der Waals surface area contributed by atoms with Crippen LogP contribution in [0.25, 0.3) is 22.3 Å². The lowest BCUT2D eigenvalue weighted by molar-refractivity contribution is 0.0995. The standard InChI is InChI=1S/C21H20N4O2S/c1-13(19(26)17-12-22-18-7-5-4-6-16(17)18)28-21-24-23-20(25(21)2)14-8-10-15(27-3)11-9-14/h4-13,22H,1-3H3/t13-/m1/s1. The minimum Gasteiger partial charge on any atom is -0.497 e. The number of nitrogens with one attached hydrogen (secondary N) is 1. The van der Waals surface area contributed by atoms with Gasteiger partial charge in [0.25, 0.3) is 0 Å². The fourth-order valence-corrected chi connectivity index (χ4v) is 4.00. The van der Waals surface area contributed by atoms with Gasteiger partial charge < -0.3 is 14.3 Å². The van der Waals surface area contributed by atoms with E-state index in [1.807, 2.05) is 67.1 Å². The van der Waals surface area contributed by atoms with Crippen LogP contribution in [0, 0.1) is 0 Å². The number of carbonyl (C=O) groups excluding carboxylic acids is 1. The van der Waals surface area contributed by atoms with E-state index in [0.717, 1.165) is 28.0 Å². The minimum atomic E-state index is -0.286. The molecule has 0 fully saturated rings. The van der Waals surface area contributed by atoms with Gasteiger partial charge in [0.15, 0.2) is 16.8 Å². The van der Waals surface area contributed by atoms with Gasteiger partial charge in [-0.1, -0.05) is 30.0 Å². The molecular weight excluding hydrogens is 372 g/mol. The molecule has 0 bridgehead atoms. The van der Waals surface area contributed by atoms with E-state index in [2.05, 4.69) is 15.2 Å². The molecule has 0 radical (unpaired) electrons. The van der Waals surface area contributed by atoms with Gasteiger partial charge in [-0.15, -0.1) is 10.2 Å². The lowest BCUT2D eigenvalue weighted by Gasteiger charge is -2.10. The smallest absolute Gasteiger partial charge is 0.191 e. The van der Waals surface area contributed by atoms with Crippen molar-refractivity contribution in [2.24, 2.45) is 7.05 Å². The predicted octanol–water partition coefficient (Wildman–Crippen LogP) is 4.34. The lowest BCUT2D eigenvalue weighted by atomic mass is 10.1. The molecule has 1 atom stereocenters. The summed E-state index contributed by atoms with van der Waals surface area (Å²) in [6.45, 7) is 1.90. The van der Waals surface area contributed by atoms with Gasteiger partial charge in [0.05, 0.1) is 12.4 Å². The van der Waals surface area contributed by atoms with Crippen LogP contribution in [0.2, 0.25) is 0 Å². The number of aromatic nitrogens is 4. The molecule has 2 aromatic heterocycles. The maximum absolute atomic E-state index is 13.0. The number of fused-ring (bicyclic) bond motifs is 1. The molecule has 4 rings (SSSR count). The van der Waals surface area contributed by atoms with Crippen molar-refractivity contribution in [3.63, 3.8) is 0 Å². The summed E-state index contributed by atoms with van der Waals surface area (Å²) in [7, 11) is 3.54. The SMILES string of the molecule is COc1ccc(-c2nnc(S[C@H](C)C(=O)c3c[nH]c4ccccc34)n2C)cc1. The largest absolute Gasteiger partial charge is 0.497 e. The van der Waals surface area contributed by atoms with Crippen LogP contribution in [0.15, 0.2) is 59.9 Å². The number of ketones is 1. The summed E-state index contributed by atoms with van der Waals surface area (Å²) in [5.41, 5.74) is 2.61. The molecule has 0 amide bonds. The molecule has 0 saturated carbocycles. The molecule has 7 heteroatoms. The second-order valence-corrected chi connectivity index (χ2v) is 7.77. The number of aromatic amines is 1. The Bertz CT molecular complexity index is 1130. The molecule has 0 aliphatic rings. The summed E-state index contributed by atoms with van der Waals surface area (Å²) in [5, 5.41) is 9.94. The van der Waals surface area contributed by atoms with Crippen LogP contribution in [-0.2, 0) is 7.05 Å². The maximum Gasteiger partial charge on any atom is 0.191 e. The highest BCUT2D eigenvalue weighted by atomic mass is 32.2. The highest BCUT2D eigenvalue weighted by Crippen LogP contribution is 2.29. The van der Waals surface area contributed by atoms with Crippen LogP contribution < -0.4 is 4.74 Å². The summed E-state index contributed by atoms with van der Waals surface area (Å²) in [6, 6.07) is 15.5. The van der Waals surface area contributed by atoms with Crippen molar-refractivity contribution in [1.82, 2.24) is 19.7 Å². The van der Waals surface area contributed by atoms with E-state index in [0.29, 0.717) is 10.7 Å². The molecule has 2 aromatic carbocycles. The predicted molar refractivity (Wildman–Crippen MR) is 111 cm³/mol. The summed E-state index contributed by atoms with van der Waals surface area (Å²) in [4.78, 5) is 16.1. The van der Waals surface area contributed by atoms with E-state index in [1.165, 1.54) is 11.8 Å². The van der Waals surface area contributed by atoms with Crippen LogP contribution >= 0.6 is 11.8 Å². The third kappa shape index (κ3) is 3.29. The Kier molecular flexibility index (Phi) is 4.92. The number of hydrogen-bond acceptors (Lipinski definition) is 5. The van der Waals surface area contributed by atoms with Gasteiger partial charge in [0.1, 0.15) is 5.75 Å². The number of nitrogens with zero attached hydrogens (tertiary/aromatic N) is 3. The van der Waals surface area contributed by atoms with Crippen molar-refractivity contribution in [2.45, 2.75) is 17.3 Å². The number of ether oxygens (including phenoxy) is 1. The monoisotopic (exact) mass is 392 g/mol. The number of H-pyrrole nitrogens is 1. The van der Waals surface area contributed by atoms with Crippen molar-refractivity contribution in [1.29, 1.82) is 0 Å². The van der Waals surface area contributed by atoms with E-state index in [9.17, 15) is 4.79 Å². The zero-order valence-corrected chi connectivity index (χ0v) is 16.7. The molecular formula is C21H20N4O2S. The van der Waals surface area contributed by atoms with Gasteiger partial charge in [-0.05, 0) is 37.3 Å². The molecule has 2 heterocycles. The summed E-state index contributed by atoms with van der Waals surface area (Å²) >= 11 is 1.41. The van der Waals surface area contributed by atoms with Crippen LogP contribution in [0.5, 0.6) is 5.75 Å². The minimum absolute atomic E-state index is 0.0662. The van der Waals surface area contributed by atoms with Gasteiger partial charge in [-0.3, -0.25) is 4.79 Å². The van der Waals surface area contributed by atoms with E-state index < -0.39 is 0 Å². The Morgan fingerprint density at radius 3 is 2.64 bits per heavy atom. The van der Waals surface area contributed by atoms with Crippen molar-refractivity contribution in [2.75, 3.05) is 7.11 Å². The molecule has 1 N–H and O–H groups in total. The second kappa shape index (κ2) is 7.52. The van der Waals surface area contributed by atoms with E-state index in [-0.39, 0.29) is 11.0 Å². The molecule has 0 spiro atoms. The third-order valence-electron chi connectivity index (χ3n) is 4.69.